The van der Waals surface area contributed by atoms with Gasteiger partial charge in [0.1, 0.15) is 0 Å². The van der Waals surface area contributed by atoms with Crippen molar-refractivity contribution in [3.8, 4) is 12.3 Å². The maximum atomic E-state index is 5.19. The van der Waals surface area contributed by atoms with Crippen molar-refractivity contribution >= 4 is 0 Å². The predicted molar refractivity (Wildman–Crippen MR) is 55.1 cm³/mol. The first kappa shape index (κ1) is 10.8. The molecule has 0 radical (unpaired) electrons. The monoisotopic (exact) mass is 160 g/mol. The van der Waals surface area contributed by atoms with Crippen molar-refractivity contribution in [1.82, 2.24) is 0 Å². The van der Waals surface area contributed by atoms with E-state index in [0.29, 0.717) is 0 Å². The molecule has 0 amide bonds. The van der Waals surface area contributed by atoms with E-state index in [1.807, 2.05) is 26.0 Å². The molecule has 0 heterocycles. The molecule has 1 aromatic rings. The maximum Gasteiger partial charge on any atom is 0.0242 e. The summed E-state index contributed by atoms with van der Waals surface area (Å²) in [7, 11) is 0. The van der Waals surface area contributed by atoms with Gasteiger partial charge in [-0.05, 0) is 24.1 Å². The first-order chi connectivity index (χ1) is 5.86. The zero-order valence-corrected chi connectivity index (χ0v) is 8.09. The van der Waals surface area contributed by atoms with E-state index in [2.05, 4.69) is 25.0 Å². The van der Waals surface area contributed by atoms with Crippen molar-refractivity contribution in [2.45, 2.75) is 27.2 Å². The van der Waals surface area contributed by atoms with Gasteiger partial charge in [0.2, 0.25) is 0 Å². The molecule has 12 heavy (non-hydrogen) atoms. The van der Waals surface area contributed by atoms with Crippen LogP contribution in [0.4, 0.5) is 0 Å². The molecule has 0 atom stereocenters. The highest BCUT2D eigenvalue weighted by Gasteiger charge is 1.86. The summed E-state index contributed by atoms with van der Waals surface area (Å²) in [5, 5.41) is 0. The molecule has 0 saturated heterocycles. The maximum absolute atomic E-state index is 5.19. The van der Waals surface area contributed by atoms with Crippen LogP contribution in [0.5, 0.6) is 0 Å². The Bertz CT molecular complexity index is 236. The largest absolute Gasteiger partial charge is 0.115 e. The zero-order chi connectivity index (χ0) is 9.40. The first-order valence-electron chi connectivity index (χ1n) is 4.42. The van der Waals surface area contributed by atoms with Crippen LogP contribution in [-0.2, 0) is 6.42 Å². The minimum atomic E-state index is 0.956. The van der Waals surface area contributed by atoms with Gasteiger partial charge in [-0.1, -0.05) is 38.8 Å². The van der Waals surface area contributed by atoms with E-state index in [4.69, 9.17) is 6.42 Å². The van der Waals surface area contributed by atoms with Crippen molar-refractivity contribution in [2.24, 2.45) is 0 Å². The minimum absolute atomic E-state index is 0.956. The summed E-state index contributed by atoms with van der Waals surface area (Å²) < 4.78 is 0. The fourth-order valence-electron chi connectivity index (χ4n) is 0.837. The van der Waals surface area contributed by atoms with E-state index >= 15 is 0 Å². The third kappa shape index (κ3) is 3.25. The van der Waals surface area contributed by atoms with Crippen LogP contribution in [0.15, 0.2) is 24.3 Å². The van der Waals surface area contributed by atoms with Crippen molar-refractivity contribution in [1.29, 1.82) is 0 Å². The smallest absolute Gasteiger partial charge is 0.0242 e. The van der Waals surface area contributed by atoms with Gasteiger partial charge in [-0.3, -0.25) is 0 Å². The van der Waals surface area contributed by atoms with Crippen molar-refractivity contribution in [3.05, 3.63) is 35.4 Å². The number of benzene rings is 1. The standard InChI is InChI=1S/C10H10.C2H6/c1-3-9-5-7-10(4-2)8-6-9;1-2/h1,5-8H,4H2,2H3;1-2H3. The summed E-state index contributed by atoms with van der Waals surface area (Å²) in [6, 6.07) is 8.07. The van der Waals surface area contributed by atoms with Crippen LogP contribution in [0.1, 0.15) is 31.9 Å². The lowest BCUT2D eigenvalue weighted by Gasteiger charge is -1.94. The molecule has 0 N–H and O–H groups in total. The molecule has 0 heteroatoms. The Balaban J connectivity index is 0.000000561. The number of aryl methyl sites for hydroxylation is 1. The summed E-state index contributed by atoms with van der Waals surface area (Å²) in [4.78, 5) is 0. The predicted octanol–water partition coefficient (Wildman–Crippen LogP) is 3.26. The van der Waals surface area contributed by atoms with Crippen molar-refractivity contribution < 1.29 is 0 Å². The minimum Gasteiger partial charge on any atom is -0.115 e. The molecule has 1 aromatic carbocycles. The molecule has 64 valence electrons. The SMILES string of the molecule is C#Cc1ccc(CC)cc1.CC. The van der Waals surface area contributed by atoms with E-state index in [-0.39, 0.29) is 0 Å². The zero-order valence-electron chi connectivity index (χ0n) is 8.09. The Morgan fingerprint density at radius 2 is 1.67 bits per heavy atom. The van der Waals surface area contributed by atoms with E-state index < -0.39 is 0 Å². The van der Waals surface area contributed by atoms with E-state index in [0.717, 1.165) is 12.0 Å². The second kappa shape index (κ2) is 6.49. The topological polar surface area (TPSA) is 0 Å². The Hall–Kier alpha value is -1.22. The van der Waals surface area contributed by atoms with Gasteiger partial charge < -0.3 is 0 Å². The van der Waals surface area contributed by atoms with Crippen molar-refractivity contribution in [2.75, 3.05) is 0 Å². The summed E-state index contributed by atoms with van der Waals surface area (Å²) >= 11 is 0. The van der Waals surface area contributed by atoms with Gasteiger partial charge in [-0.25, -0.2) is 0 Å². The lowest BCUT2D eigenvalue weighted by molar-refractivity contribution is 1.14. The van der Waals surface area contributed by atoms with Crippen LogP contribution in [0.3, 0.4) is 0 Å². The summed E-state index contributed by atoms with van der Waals surface area (Å²) in [6.07, 6.45) is 6.27. The molecule has 0 spiro atoms. The molecule has 0 aromatic heterocycles. The van der Waals surface area contributed by atoms with Gasteiger partial charge >= 0.3 is 0 Å². The summed E-state index contributed by atoms with van der Waals surface area (Å²) in [6.45, 7) is 6.13. The van der Waals surface area contributed by atoms with Gasteiger partial charge in [-0.15, -0.1) is 6.42 Å². The Morgan fingerprint density at radius 3 is 2.00 bits per heavy atom. The average Bonchev–Trinajstić information content (AvgIpc) is 2.21. The quantitative estimate of drug-likeness (QED) is 0.553. The molecular weight excluding hydrogens is 144 g/mol. The van der Waals surface area contributed by atoms with Crippen LogP contribution in [0.2, 0.25) is 0 Å². The molecule has 0 aliphatic heterocycles. The molecule has 0 nitrogen and oxygen atoms in total. The van der Waals surface area contributed by atoms with Gasteiger partial charge in [0, 0.05) is 5.56 Å². The highest BCUT2D eigenvalue weighted by Crippen LogP contribution is 2.02. The molecule has 0 bridgehead atoms. The normalized spacial score (nSPS) is 7.83. The Kier molecular flexibility index (Phi) is 5.83. The van der Waals surface area contributed by atoms with E-state index in [1.165, 1.54) is 5.56 Å². The van der Waals surface area contributed by atoms with Crippen LogP contribution in [0.25, 0.3) is 0 Å². The lowest BCUT2D eigenvalue weighted by Crippen LogP contribution is -1.78. The fourth-order valence-corrected chi connectivity index (χ4v) is 0.837. The number of hydrogen-bond donors (Lipinski definition) is 0. The highest BCUT2D eigenvalue weighted by molar-refractivity contribution is 5.34. The van der Waals surface area contributed by atoms with Crippen molar-refractivity contribution in [3.63, 3.8) is 0 Å². The van der Waals surface area contributed by atoms with E-state index in [1.54, 1.807) is 0 Å². The Morgan fingerprint density at radius 1 is 1.17 bits per heavy atom. The summed E-state index contributed by atoms with van der Waals surface area (Å²) in [5.41, 5.74) is 2.29. The van der Waals surface area contributed by atoms with Crippen LogP contribution >= 0.6 is 0 Å². The molecule has 0 unspecified atom stereocenters. The second-order valence-corrected chi connectivity index (χ2v) is 2.19. The van der Waals surface area contributed by atoms with Gasteiger partial charge in [0.25, 0.3) is 0 Å². The third-order valence-corrected chi connectivity index (χ3v) is 1.53. The van der Waals surface area contributed by atoms with E-state index in [9.17, 15) is 0 Å². The average molecular weight is 160 g/mol. The van der Waals surface area contributed by atoms with Gasteiger partial charge in [-0.2, -0.15) is 0 Å². The highest BCUT2D eigenvalue weighted by atomic mass is 13.9. The number of rotatable bonds is 1. The van der Waals surface area contributed by atoms with Crippen LogP contribution in [-0.4, -0.2) is 0 Å². The Labute approximate surface area is 75.6 Å². The second-order valence-electron chi connectivity index (χ2n) is 2.19. The molecule has 0 aliphatic rings. The first-order valence-corrected chi connectivity index (χ1v) is 4.42. The molecule has 1 rings (SSSR count). The van der Waals surface area contributed by atoms with Gasteiger partial charge in [0.15, 0.2) is 0 Å². The van der Waals surface area contributed by atoms with Gasteiger partial charge in [0.05, 0.1) is 0 Å². The van der Waals surface area contributed by atoms with Crippen LogP contribution in [0, 0.1) is 12.3 Å². The molecule has 0 aliphatic carbocycles. The third-order valence-electron chi connectivity index (χ3n) is 1.53. The molecule has 0 fully saturated rings. The summed E-state index contributed by atoms with van der Waals surface area (Å²) in [5.74, 6) is 2.58. The van der Waals surface area contributed by atoms with Crippen LogP contribution < -0.4 is 0 Å². The lowest BCUT2D eigenvalue weighted by atomic mass is 10.1. The molecular formula is C12H16. The number of hydrogen-bond acceptors (Lipinski definition) is 0. The number of terminal acetylenes is 1. The molecule has 0 saturated carbocycles. The fraction of sp³-hybridized carbons (Fsp3) is 0.333.